The molecule has 0 aliphatic rings. The average molecular weight is 264 g/mol. The van der Waals surface area contributed by atoms with Crippen LogP contribution in [-0.4, -0.2) is 35.3 Å². The van der Waals surface area contributed by atoms with Crippen molar-refractivity contribution in [2.24, 2.45) is 0 Å². The van der Waals surface area contributed by atoms with Crippen molar-refractivity contribution in [1.82, 2.24) is 9.97 Å². The lowest BCUT2D eigenvalue weighted by Crippen LogP contribution is -1.96. The van der Waals surface area contributed by atoms with Crippen molar-refractivity contribution < 1.29 is 19.4 Å². The van der Waals surface area contributed by atoms with Gasteiger partial charge in [0.15, 0.2) is 11.5 Å². The van der Waals surface area contributed by atoms with Gasteiger partial charge in [-0.3, -0.25) is 4.79 Å². The Kier molecular flexibility index (Phi) is 3.89. The molecule has 0 amide bonds. The Hall–Kier alpha value is -2.24. The van der Waals surface area contributed by atoms with E-state index in [1.54, 1.807) is 20.3 Å². The highest BCUT2D eigenvalue weighted by Gasteiger charge is 2.10. The molecule has 1 aromatic heterocycles. The summed E-state index contributed by atoms with van der Waals surface area (Å²) >= 11 is 0. The van der Waals surface area contributed by atoms with E-state index < -0.39 is 5.97 Å². The van der Waals surface area contributed by atoms with E-state index in [0.717, 1.165) is 16.9 Å². The quantitative estimate of drug-likeness (QED) is 0.833. The van der Waals surface area contributed by atoms with Crippen molar-refractivity contribution in [1.29, 1.82) is 0 Å². The Balaban J connectivity index is 2.22. The van der Waals surface area contributed by atoms with Crippen molar-refractivity contribution in [3.05, 3.63) is 18.0 Å². The van der Waals surface area contributed by atoms with Crippen LogP contribution in [0.3, 0.4) is 0 Å². The van der Waals surface area contributed by atoms with Crippen LogP contribution >= 0.6 is 0 Å². The minimum absolute atomic E-state index is 0.143. The number of hydrogen-bond acceptors (Lipinski definition) is 4. The smallest absolute Gasteiger partial charge is 0.303 e. The van der Waals surface area contributed by atoms with Crippen molar-refractivity contribution in [3.8, 4) is 11.5 Å². The van der Waals surface area contributed by atoms with Crippen molar-refractivity contribution in [3.63, 3.8) is 0 Å². The minimum atomic E-state index is -0.792. The monoisotopic (exact) mass is 264 g/mol. The molecular weight excluding hydrogens is 248 g/mol. The molecule has 0 saturated carbocycles. The summed E-state index contributed by atoms with van der Waals surface area (Å²) < 4.78 is 10.4. The summed E-state index contributed by atoms with van der Waals surface area (Å²) in [5, 5.41) is 8.60. The molecule has 0 aliphatic heterocycles. The van der Waals surface area contributed by atoms with Gasteiger partial charge >= 0.3 is 5.97 Å². The van der Waals surface area contributed by atoms with Crippen LogP contribution in [0.15, 0.2) is 12.1 Å². The van der Waals surface area contributed by atoms with Crippen molar-refractivity contribution in [2.75, 3.05) is 14.2 Å². The highest BCUT2D eigenvalue weighted by atomic mass is 16.5. The van der Waals surface area contributed by atoms with Gasteiger partial charge < -0.3 is 19.6 Å². The van der Waals surface area contributed by atoms with Gasteiger partial charge in [-0.1, -0.05) is 0 Å². The fourth-order valence-electron chi connectivity index (χ4n) is 1.92. The number of benzene rings is 1. The fourth-order valence-corrected chi connectivity index (χ4v) is 1.92. The lowest BCUT2D eigenvalue weighted by molar-refractivity contribution is -0.137. The first-order valence-corrected chi connectivity index (χ1v) is 5.96. The first-order valence-electron chi connectivity index (χ1n) is 5.96. The average Bonchev–Trinajstić information content (AvgIpc) is 2.77. The number of aliphatic carboxylic acids is 1. The summed E-state index contributed by atoms with van der Waals surface area (Å²) in [6, 6.07) is 3.62. The Labute approximate surface area is 110 Å². The van der Waals surface area contributed by atoms with E-state index in [9.17, 15) is 4.79 Å². The van der Waals surface area contributed by atoms with Crippen LogP contribution in [0.4, 0.5) is 0 Å². The largest absolute Gasteiger partial charge is 0.493 e. The molecule has 1 aromatic carbocycles. The maximum Gasteiger partial charge on any atom is 0.303 e. The second kappa shape index (κ2) is 5.60. The highest BCUT2D eigenvalue weighted by Crippen LogP contribution is 2.31. The summed E-state index contributed by atoms with van der Waals surface area (Å²) in [5.74, 6) is 1.24. The molecule has 2 aromatic rings. The number of imidazole rings is 1. The van der Waals surface area contributed by atoms with E-state index in [1.165, 1.54) is 0 Å². The predicted molar refractivity (Wildman–Crippen MR) is 69.8 cm³/mol. The molecule has 6 nitrogen and oxygen atoms in total. The third kappa shape index (κ3) is 2.96. The molecule has 0 spiro atoms. The molecule has 0 atom stereocenters. The molecular formula is C13H16N2O4. The number of carboxylic acids is 1. The van der Waals surface area contributed by atoms with E-state index >= 15 is 0 Å². The van der Waals surface area contributed by atoms with Crippen LogP contribution in [0.25, 0.3) is 11.0 Å². The summed E-state index contributed by atoms with van der Waals surface area (Å²) in [5.41, 5.74) is 1.63. The second-order valence-corrected chi connectivity index (χ2v) is 4.16. The Bertz CT molecular complexity index is 551. The molecule has 0 bridgehead atoms. The fraction of sp³-hybridized carbons (Fsp3) is 0.385. The number of rotatable bonds is 6. The van der Waals surface area contributed by atoms with E-state index in [4.69, 9.17) is 14.6 Å². The van der Waals surface area contributed by atoms with E-state index in [1.807, 2.05) is 6.07 Å². The van der Waals surface area contributed by atoms with Gasteiger partial charge in [-0.25, -0.2) is 4.98 Å². The topological polar surface area (TPSA) is 84.4 Å². The van der Waals surface area contributed by atoms with Gasteiger partial charge in [0, 0.05) is 25.0 Å². The maximum atomic E-state index is 10.5. The number of aromatic amines is 1. The zero-order valence-electron chi connectivity index (χ0n) is 10.9. The van der Waals surface area contributed by atoms with Crippen LogP contribution in [0.1, 0.15) is 18.7 Å². The number of nitrogens with zero attached hydrogens (tertiary/aromatic N) is 1. The molecule has 0 radical (unpaired) electrons. The van der Waals surface area contributed by atoms with Gasteiger partial charge in [0.2, 0.25) is 0 Å². The first-order chi connectivity index (χ1) is 9.13. The van der Waals surface area contributed by atoms with Crippen molar-refractivity contribution in [2.45, 2.75) is 19.3 Å². The van der Waals surface area contributed by atoms with Crippen LogP contribution in [0.2, 0.25) is 0 Å². The van der Waals surface area contributed by atoms with Gasteiger partial charge in [0.1, 0.15) is 5.82 Å². The SMILES string of the molecule is COc1cc2nc(CCCC(=O)O)[nH]c2cc1OC. The molecule has 19 heavy (non-hydrogen) atoms. The molecule has 2 N–H and O–H groups in total. The number of carboxylic acid groups (broad SMARTS) is 1. The third-order valence-electron chi connectivity index (χ3n) is 2.84. The summed E-state index contributed by atoms with van der Waals surface area (Å²) in [6.45, 7) is 0. The van der Waals surface area contributed by atoms with Gasteiger partial charge in [-0.15, -0.1) is 0 Å². The number of nitrogens with one attached hydrogen (secondary N) is 1. The van der Waals surface area contributed by atoms with E-state index in [0.29, 0.717) is 24.3 Å². The summed E-state index contributed by atoms with van der Waals surface area (Å²) in [6.07, 6.45) is 1.30. The first kappa shape index (κ1) is 13.2. The van der Waals surface area contributed by atoms with Gasteiger partial charge in [0.05, 0.1) is 25.3 Å². The number of hydrogen-bond donors (Lipinski definition) is 2. The maximum absolute atomic E-state index is 10.5. The predicted octanol–water partition coefficient (Wildman–Crippen LogP) is 1.99. The standard InChI is InChI=1S/C13H16N2O4/c1-18-10-6-8-9(7-11(10)19-2)15-12(14-8)4-3-5-13(16)17/h6-7H,3-5H2,1-2H3,(H,14,15)(H,16,17). The number of ether oxygens (including phenoxy) is 2. The molecule has 102 valence electrons. The van der Waals surface area contributed by atoms with E-state index in [-0.39, 0.29) is 6.42 Å². The molecule has 0 unspecified atom stereocenters. The lowest BCUT2D eigenvalue weighted by atomic mass is 10.2. The zero-order chi connectivity index (χ0) is 13.8. The number of fused-ring (bicyclic) bond motifs is 1. The van der Waals surface area contributed by atoms with Crippen molar-refractivity contribution >= 4 is 17.0 Å². The third-order valence-corrected chi connectivity index (χ3v) is 2.84. The van der Waals surface area contributed by atoms with Gasteiger partial charge in [0.25, 0.3) is 0 Å². The number of H-pyrrole nitrogens is 1. The Morgan fingerprint density at radius 3 is 2.63 bits per heavy atom. The number of aromatic nitrogens is 2. The molecule has 2 rings (SSSR count). The zero-order valence-corrected chi connectivity index (χ0v) is 10.9. The molecule has 0 aliphatic carbocycles. The number of carbonyl (C=O) groups is 1. The van der Waals surface area contributed by atoms with E-state index in [2.05, 4.69) is 9.97 Å². The molecule has 0 saturated heterocycles. The highest BCUT2D eigenvalue weighted by molar-refractivity contribution is 5.79. The minimum Gasteiger partial charge on any atom is -0.493 e. The van der Waals surface area contributed by atoms with Crippen LogP contribution in [0.5, 0.6) is 11.5 Å². The molecule has 0 fully saturated rings. The van der Waals surface area contributed by atoms with Crippen LogP contribution < -0.4 is 9.47 Å². The Morgan fingerprint density at radius 2 is 2.00 bits per heavy atom. The van der Waals surface area contributed by atoms with Gasteiger partial charge in [-0.05, 0) is 6.42 Å². The summed E-state index contributed by atoms with van der Waals surface area (Å²) in [7, 11) is 3.15. The number of aryl methyl sites for hydroxylation is 1. The van der Waals surface area contributed by atoms with Crippen LogP contribution in [0, 0.1) is 0 Å². The van der Waals surface area contributed by atoms with Gasteiger partial charge in [-0.2, -0.15) is 0 Å². The molecule has 1 heterocycles. The summed E-state index contributed by atoms with van der Waals surface area (Å²) in [4.78, 5) is 18.0. The Morgan fingerprint density at radius 1 is 1.32 bits per heavy atom. The lowest BCUT2D eigenvalue weighted by Gasteiger charge is -2.06. The van der Waals surface area contributed by atoms with Crippen LogP contribution in [-0.2, 0) is 11.2 Å². The molecule has 6 heteroatoms. The normalized spacial score (nSPS) is 10.6. The number of methoxy groups -OCH3 is 2. The second-order valence-electron chi connectivity index (χ2n) is 4.16.